The predicted octanol–water partition coefficient (Wildman–Crippen LogP) is 3.64. The highest BCUT2D eigenvalue weighted by atomic mass is 16.6. The molecule has 1 aromatic rings. The number of carbonyl (C=O) groups is 2. The number of benzene rings is 1. The molecule has 0 aliphatic heterocycles. The van der Waals surface area contributed by atoms with Crippen LogP contribution in [0.25, 0.3) is 0 Å². The molecule has 138 valence electrons. The van der Waals surface area contributed by atoms with E-state index in [4.69, 9.17) is 9.47 Å². The Morgan fingerprint density at radius 3 is 2.56 bits per heavy atom. The van der Waals surface area contributed by atoms with E-state index < -0.39 is 11.7 Å². The number of nitrogens with one attached hydrogen (secondary N) is 2. The Balaban J connectivity index is 1.87. The van der Waals surface area contributed by atoms with Gasteiger partial charge in [0.25, 0.3) is 0 Å². The monoisotopic (exact) mass is 348 g/mol. The maximum absolute atomic E-state index is 12.5. The van der Waals surface area contributed by atoms with Crippen molar-refractivity contribution >= 4 is 17.7 Å². The molecule has 2 rings (SSSR count). The number of rotatable bonds is 4. The molecule has 0 spiro atoms. The van der Waals surface area contributed by atoms with Crippen molar-refractivity contribution in [3.05, 3.63) is 23.8 Å². The Morgan fingerprint density at radius 1 is 1.20 bits per heavy atom. The van der Waals surface area contributed by atoms with Crippen LogP contribution in [-0.2, 0) is 9.53 Å². The molecule has 6 heteroatoms. The van der Waals surface area contributed by atoms with Crippen molar-refractivity contribution in [1.82, 2.24) is 5.32 Å². The van der Waals surface area contributed by atoms with Gasteiger partial charge in [-0.25, -0.2) is 4.79 Å². The number of anilines is 1. The zero-order valence-corrected chi connectivity index (χ0v) is 15.6. The minimum absolute atomic E-state index is 0.0283. The van der Waals surface area contributed by atoms with Gasteiger partial charge in [0.15, 0.2) is 0 Å². The molecule has 0 bridgehead atoms. The Kier molecular flexibility index (Phi) is 5.93. The second-order valence-electron chi connectivity index (χ2n) is 7.53. The Hall–Kier alpha value is -2.24. The minimum atomic E-state index is -0.524. The molecule has 2 amide bonds. The van der Waals surface area contributed by atoms with E-state index in [0.29, 0.717) is 6.42 Å². The molecule has 0 radical (unpaired) electrons. The van der Waals surface area contributed by atoms with E-state index in [0.717, 1.165) is 29.8 Å². The van der Waals surface area contributed by atoms with Gasteiger partial charge in [0.2, 0.25) is 5.91 Å². The van der Waals surface area contributed by atoms with E-state index >= 15 is 0 Å². The van der Waals surface area contributed by atoms with Crippen molar-refractivity contribution in [1.29, 1.82) is 0 Å². The van der Waals surface area contributed by atoms with E-state index in [9.17, 15) is 9.59 Å². The number of ether oxygens (including phenoxy) is 2. The summed E-state index contributed by atoms with van der Waals surface area (Å²) in [5.74, 6) is 0.598. The number of hydrogen-bond acceptors (Lipinski definition) is 4. The molecule has 1 aromatic carbocycles. The number of alkyl carbamates (subject to hydrolysis) is 1. The largest absolute Gasteiger partial charge is 0.496 e. The molecule has 2 atom stereocenters. The summed E-state index contributed by atoms with van der Waals surface area (Å²) in [7, 11) is 1.61. The standard InChI is InChI=1S/C19H28N2O4/c1-12-6-8-15(11-16(12)24-5)20-17(22)13-7-9-14(10-13)21-18(23)25-19(2,3)4/h6,8,11,13-14H,7,9-10H2,1-5H3,(H,20,22)(H,21,23)/t13-,14+/m1/s1. The van der Waals surface area contributed by atoms with Crippen molar-refractivity contribution in [2.24, 2.45) is 5.92 Å². The van der Waals surface area contributed by atoms with E-state index in [1.165, 1.54) is 0 Å². The van der Waals surface area contributed by atoms with Gasteiger partial charge in [0.05, 0.1) is 7.11 Å². The van der Waals surface area contributed by atoms with Crippen LogP contribution >= 0.6 is 0 Å². The van der Waals surface area contributed by atoms with Gasteiger partial charge in [0, 0.05) is 23.7 Å². The number of hydrogen-bond donors (Lipinski definition) is 2. The molecular formula is C19H28N2O4. The quantitative estimate of drug-likeness (QED) is 0.871. The van der Waals surface area contributed by atoms with Gasteiger partial charge < -0.3 is 20.1 Å². The van der Waals surface area contributed by atoms with E-state index in [1.807, 2.05) is 45.9 Å². The Morgan fingerprint density at radius 2 is 1.92 bits per heavy atom. The highest BCUT2D eigenvalue weighted by Gasteiger charge is 2.31. The highest BCUT2D eigenvalue weighted by Crippen LogP contribution is 2.28. The molecule has 0 saturated heterocycles. The van der Waals surface area contributed by atoms with Gasteiger partial charge in [-0.3, -0.25) is 4.79 Å². The lowest BCUT2D eigenvalue weighted by molar-refractivity contribution is -0.119. The highest BCUT2D eigenvalue weighted by molar-refractivity contribution is 5.93. The van der Waals surface area contributed by atoms with Crippen LogP contribution in [-0.4, -0.2) is 30.8 Å². The van der Waals surface area contributed by atoms with Crippen molar-refractivity contribution < 1.29 is 19.1 Å². The molecule has 25 heavy (non-hydrogen) atoms. The molecule has 0 heterocycles. The SMILES string of the molecule is COc1cc(NC(=O)[C@@H]2CC[C@H](NC(=O)OC(C)(C)C)C2)ccc1C. The van der Waals surface area contributed by atoms with Crippen molar-refractivity contribution in [3.63, 3.8) is 0 Å². The van der Waals surface area contributed by atoms with Gasteiger partial charge in [0.1, 0.15) is 11.4 Å². The summed E-state index contributed by atoms with van der Waals surface area (Å²) in [4.78, 5) is 24.3. The van der Waals surface area contributed by atoms with E-state index in [2.05, 4.69) is 10.6 Å². The maximum Gasteiger partial charge on any atom is 0.407 e. The smallest absolute Gasteiger partial charge is 0.407 e. The van der Waals surface area contributed by atoms with Crippen LogP contribution in [0.4, 0.5) is 10.5 Å². The third kappa shape index (κ3) is 5.66. The van der Waals surface area contributed by atoms with Gasteiger partial charge >= 0.3 is 6.09 Å². The second kappa shape index (κ2) is 7.76. The van der Waals surface area contributed by atoms with Crippen LogP contribution < -0.4 is 15.4 Å². The van der Waals surface area contributed by atoms with Gasteiger partial charge in [-0.2, -0.15) is 0 Å². The zero-order chi connectivity index (χ0) is 18.6. The predicted molar refractivity (Wildman–Crippen MR) is 96.9 cm³/mol. The van der Waals surface area contributed by atoms with Crippen molar-refractivity contribution in [2.45, 2.75) is 58.6 Å². The van der Waals surface area contributed by atoms with Gasteiger partial charge in [-0.1, -0.05) is 6.07 Å². The summed E-state index contributed by atoms with van der Waals surface area (Å²) < 4.78 is 10.5. The fraction of sp³-hybridized carbons (Fsp3) is 0.579. The van der Waals surface area contributed by atoms with Gasteiger partial charge in [-0.05, 0) is 58.6 Å². The molecule has 1 fully saturated rings. The topological polar surface area (TPSA) is 76.7 Å². The fourth-order valence-electron chi connectivity index (χ4n) is 2.97. The molecule has 0 unspecified atom stereocenters. The molecule has 1 aliphatic rings. The molecule has 1 saturated carbocycles. The first-order valence-corrected chi connectivity index (χ1v) is 8.63. The number of methoxy groups -OCH3 is 1. The van der Waals surface area contributed by atoms with Crippen LogP contribution in [0, 0.1) is 12.8 Å². The zero-order valence-electron chi connectivity index (χ0n) is 15.6. The second-order valence-corrected chi connectivity index (χ2v) is 7.53. The molecule has 0 aromatic heterocycles. The van der Waals surface area contributed by atoms with Crippen molar-refractivity contribution in [2.75, 3.05) is 12.4 Å². The summed E-state index contributed by atoms with van der Waals surface area (Å²) in [6.45, 7) is 7.43. The van der Waals surface area contributed by atoms with E-state index in [-0.39, 0.29) is 17.9 Å². The molecule has 1 aliphatic carbocycles. The average molecular weight is 348 g/mol. The number of aryl methyl sites for hydroxylation is 1. The van der Waals surface area contributed by atoms with Crippen LogP contribution in [0.3, 0.4) is 0 Å². The van der Waals surface area contributed by atoms with Crippen LogP contribution in [0.2, 0.25) is 0 Å². The Bertz CT molecular complexity index is 637. The summed E-state index contributed by atoms with van der Waals surface area (Å²) in [5.41, 5.74) is 1.21. The van der Waals surface area contributed by atoms with Gasteiger partial charge in [-0.15, -0.1) is 0 Å². The summed E-state index contributed by atoms with van der Waals surface area (Å²) in [6.07, 6.45) is 1.71. The molecular weight excluding hydrogens is 320 g/mol. The van der Waals surface area contributed by atoms with Crippen LogP contribution in [0.5, 0.6) is 5.75 Å². The maximum atomic E-state index is 12.5. The molecule has 2 N–H and O–H groups in total. The number of amides is 2. The summed E-state index contributed by atoms with van der Waals surface area (Å²) >= 11 is 0. The normalized spacial score (nSPS) is 20.0. The lowest BCUT2D eigenvalue weighted by atomic mass is 10.1. The first-order chi connectivity index (χ1) is 11.7. The van der Waals surface area contributed by atoms with Crippen LogP contribution in [0.15, 0.2) is 18.2 Å². The third-order valence-electron chi connectivity index (χ3n) is 4.20. The summed E-state index contributed by atoms with van der Waals surface area (Å²) in [6, 6.07) is 5.56. The lowest BCUT2D eigenvalue weighted by Crippen LogP contribution is -2.38. The van der Waals surface area contributed by atoms with E-state index in [1.54, 1.807) is 7.11 Å². The number of carbonyl (C=O) groups excluding carboxylic acids is 2. The van der Waals surface area contributed by atoms with Crippen molar-refractivity contribution in [3.8, 4) is 5.75 Å². The summed E-state index contributed by atoms with van der Waals surface area (Å²) in [5, 5.41) is 5.78. The first kappa shape index (κ1) is 19.1. The lowest BCUT2D eigenvalue weighted by Gasteiger charge is -2.21. The first-order valence-electron chi connectivity index (χ1n) is 8.63. The van der Waals surface area contributed by atoms with Crippen LogP contribution in [0.1, 0.15) is 45.6 Å². The average Bonchev–Trinajstić information content (AvgIpc) is 2.95. The Labute approximate surface area is 149 Å². The molecule has 6 nitrogen and oxygen atoms in total. The third-order valence-corrected chi connectivity index (χ3v) is 4.20. The minimum Gasteiger partial charge on any atom is -0.496 e. The fourth-order valence-corrected chi connectivity index (χ4v) is 2.97.